The van der Waals surface area contributed by atoms with Crippen molar-refractivity contribution in [3.05, 3.63) is 51.5 Å². The molecule has 138 valence electrons. The van der Waals surface area contributed by atoms with Gasteiger partial charge in [-0.3, -0.25) is 20.2 Å². The summed E-state index contributed by atoms with van der Waals surface area (Å²) >= 11 is 2.79. The molecule has 1 aliphatic carbocycles. The largest absolute Gasteiger partial charge is 0.300 e. The quantitative estimate of drug-likeness (QED) is 0.698. The highest BCUT2D eigenvalue weighted by Gasteiger charge is 2.31. The number of fused-ring (bicyclic) bond motifs is 1. The summed E-state index contributed by atoms with van der Waals surface area (Å²) in [5.41, 5.74) is 1.33. The van der Waals surface area contributed by atoms with Crippen molar-refractivity contribution in [2.45, 2.75) is 32.1 Å². The van der Waals surface area contributed by atoms with Gasteiger partial charge in [0.25, 0.3) is 5.91 Å². The lowest BCUT2D eigenvalue weighted by molar-refractivity contribution is -0.117. The molecule has 0 unspecified atom stereocenters. The van der Waals surface area contributed by atoms with E-state index in [1.807, 2.05) is 25.1 Å². The fourth-order valence-electron chi connectivity index (χ4n) is 3.03. The van der Waals surface area contributed by atoms with E-state index >= 15 is 0 Å². The summed E-state index contributed by atoms with van der Waals surface area (Å²) in [7, 11) is 0. The molecule has 4 rings (SSSR count). The summed E-state index contributed by atoms with van der Waals surface area (Å²) in [6, 6.07) is 9.00. The van der Waals surface area contributed by atoms with Gasteiger partial charge >= 0.3 is 0 Å². The number of carbonyl (C=O) groups is 2. The predicted octanol–water partition coefficient (Wildman–Crippen LogP) is 3.61. The van der Waals surface area contributed by atoms with Crippen LogP contribution in [-0.2, 0) is 11.2 Å². The third kappa shape index (κ3) is 3.88. The summed E-state index contributed by atoms with van der Waals surface area (Å²) in [5.74, 6) is -0.665. The van der Waals surface area contributed by atoms with E-state index < -0.39 is 0 Å². The standard InChI is InChI=1S/C18H17N5O2S2/c1-10-22-23-18(26-10)21-16(25)12-8-5-9-13-14(12)19-17(27-13)20-15(24)11-6-3-2-4-7-11/h2-4,6-7,12H,5,8-9H2,1H3,(H,19,20,24)(H,21,23,25)/t12-/m0/s1. The Morgan fingerprint density at radius 2 is 1.89 bits per heavy atom. The number of amides is 2. The number of nitrogens with zero attached hydrogens (tertiary/aromatic N) is 3. The Labute approximate surface area is 163 Å². The molecule has 0 saturated carbocycles. The molecule has 0 fully saturated rings. The van der Waals surface area contributed by atoms with Gasteiger partial charge < -0.3 is 0 Å². The van der Waals surface area contributed by atoms with Crippen LogP contribution < -0.4 is 10.6 Å². The summed E-state index contributed by atoms with van der Waals surface area (Å²) in [4.78, 5) is 30.7. The number of carbonyl (C=O) groups excluding carboxylic acids is 2. The smallest absolute Gasteiger partial charge is 0.257 e. The Morgan fingerprint density at radius 1 is 1.07 bits per heavy atom. The van der Waals surface area contributed by atoms with Gasteiger partial charge in [-0.2, -0.15) is 0 Å². The average molecular weight is 400 g/mol. The van der Waals surface area contributed by atoms with Gasteiger partial charge in [0, 0.05) is 10.4 Å². The van der Waals surface area contributed by atoms with Crippen molar-refractivity contribution in [1.82, 2.24) is 15.2 Å². The van der Waals surface area contributed by atoms with E-state index in [1.54, 1.807) is 12.1 Å². The minimum atomic E-state index is -0.336. The van der Waals surface area contributed by atoms with Crippen LogP contribution in [0.4, 0.5) is 10.3 Å². The summed E-state index contributed by atoms with van der Waals surface area (Å²) in [6.07, 6.45) is 2.51. The molecule has 3 aromatic rings. The number of nitrogens with one attached hydrogen (secondary N) is 2. The van der Waals surface area contributed by atoms with Crippen LogP contribution in [-0.4, -0.2) is 27.0 Å². The van der Waals surface area contributed by atoms with Gasteiger partial charge in [-0.15, -0.1) is 21.5 Å². The van der Waals surface area contributed by atoms with Crippen molar-refractivity contribution in [3.8, 4) is 0 Å². The third-order valence-corrected chi connectivity index (χ3v) is 6.08. The van der Waals surface area contributed by atoms with Crippen molar-refractivity contribution in [2.75, 3.05) is 10.6 Å². The molecule has 27 heavy (non-hydrogen) atoms. The highest BCUT2D eigenvalue weighted by molar-refractivity contribution is 7.16. The van der Waals surface area contributed by atoms with Crippen LogP contribution in [0.3, 0.4) is 0 Å². The van der Waals surface area contributed by atoms with E-state index in [0.717, 1.165) is 34.8 Å². The van der Waals surface area contributed by atoms with Crippen LogP contribution in [0.5, 0.6) is 0 Å². The zero-order valence-corrected chi connectivity index (χ0v) is 16.2. The number of thiazole rings is 1. The van der Waals surface area contributed by atoms with Gasteiger partial charge in [-0.05, 0) is 38.3 Å². The van der Waals surface area contributed by atoms with Crippen molar-refractivity contribution < 1.29 is 9.59 Å². The number of aromatic nitrogens is 3. The zero-order chi connectivity index (χ0) is 18.8. The number of hydrogen-bond acceptors (Lipinski definition) is 7. The van der Waals surface area contributed by atoms with Gasteiger partial charge in [0.2, 0.25) is 11.0 Å². The molecule has 1 aromatic carbocycles. The molecule has 0 bridgehead atoms. The monoisotopic (exact) mass is 399 g/mol. The number of hydrogen-bond donors (Lipinski definition) is 2. The van der Waals surface area contributed by atoms with Crippen LogP contribution in [0, 0.1) is 6.92 Å². The summed E-state index contributed by atoms with van der Waals surface area (Å²) in [6.45, 7) is 1.84. The van der Waals surface area contributed by atoms with E-state index in [2.05, 4.69) is 25.8 Å². The van der Waals surface area contributed by atoms with Crippen LogP contribution in [0.25, 0.3) is 0 Å². The Balaban J connectivity index is 1.51. The van der Waals surface area contributed by atoms with Gasteiger partial charge in [0.15, 0.2) is 5.13 Å². The Morgan fingerprint density at radius 3 is 2.63 bits per heavy atom. The number of benzene rings is 1. The zero-order valence-electron chi connectivity index (χ0n) is 14.6. The van der Waals surface area contributed by atoms with Crippen LogP contribution in [0.2, 0.25) is 0 Å². The van der Waals surface area contributed by atoms with E-state index in [9.17, 15) is 9.59 Å². The van der Waals surface area contributed by atoms with E-state index in [4.69, 9.17) is 0 Å². The van der Waals surface area contributed by atoms with Gasteiger partial charge in [-0.1, -0.05) is 29.5 Å². The molecule has 0 spiro atoms. The normalized spacial score (nSPS) is 15.8. The minimum Gasteiger partial charge on any atom is -0.300 e. The molecule has 1 atom stereocenters. The average Bonchev–Trinajstić information content (AvgIpc) is 3.27. The summed E-state index contributed by atoms with van der Waals surface area (Å²) < 4.78 is 0. The van der Waals surface area contributed by atoms with Crippen molar-refractivity contribution in [3.63, 3.8) is 0 Å². The lowest BCUT2D eigenvalue weighted by atomic mass is 9.90. The first-order valence-electron chi connectivity index (χ1n) is 8.57. The number of rotatable bonds is 4. The van der Waals surface area contributed by atoms with Crippen molar-refractivity contribution in [2.24, 2.45) is 0 Å². The number of aryl methyl sites for hydroxylation is 2. The van der Waals surface area contributed by atoms with Gasteiger partial charge in [0.05, 0.1) is 11.6 Å². The van der Waals surface area contributed by atoms with Crippen molar-refractivity contribution in [1.29, 1.82) is 0 Å². The molecule has 7 nitrogen and oxygen atoms in total. The van der Waals surface area contributed by atoms with E-state index in [1.165, 1.54) is 22.7 Å². The maximum absolute atomic E-state index is 12.7. The summed E-state index contributed by atoms with van der Waals surface area (Å²) in [5, 5.41) is 15.4. The second-order valence-corrected chi connectivity index (χ2v) is 8.47. The Hall–Kier alpha value is -2.65. The number of anilines is 2. The molecule has 1 aliphatic rings. The predicted molar refractivity (Wildman–Crippen MR) is 105 cm³/mol. The molecule has 2 amide bonds. The molecule has 0 saturated heterocycles. The van der Waals surface area contributed by atoms with Crippen LogP contribution in [0.15, 0.2) is 30.3 Å². The Bertz CT molecular complexity index is 983. The lowest BCUT2D eigenvalue weighted by Gasteiger charge is -2.19. The van der Waals surface area contributed by atoms with E-state index in [0.29, 0.717) is 15.8 Å². The second-order valence-electron chi connectivity index (χ2n) is 6.21. The van der Waals surface area contributed by atoms with Crippen molar-refractivity contribution >= 4 is 44.8 Å². The topological polar surface area (TPSA) is 96.9 Å². The SMILES string of the molecule is Cc1nnc(NC(=O)[C@H]2CCCc3sc(NC(=O)c4ccccc4)nc32)s1. The molecule has 2 aromatic heterocycles. The molecule has 0 aliphatic heterocycles. The molecule has 9 heteroatoms. The third-order valence-electron chi connectivity index (χ3n) is 4.28. The first-order valence-corrected chi connectivity index (χ1v) is 10.2. The van der Waals surface area contributed by atoms with Gasteiger partial charge in [-0.25, -0.2) is 4.98 Å². The fourth-order valence-corrected chi connectivity index (χ4v) is 4.68. The fraction of sp³-hybridized carbons (Fsp3) is 0.278. The molecular formula is C18H17N5O2S2. The molecule has 2 N–H and O–H groups in total. The lowest BCUT2D eigenvalue weighted by Crippen LogP contribution is -2.24. The minimum absolute atomic E-state index is 0.127. The van der Waals surface area contributed by atoms with E-state index in [-0.39, 0.29) is 17.7 Å². The molecule has 0 radical (unpaired) electrons. The second kappa shape index (κ2) is 7.53. The highest BCUT2D eigenvalue weighted by Crippen LogP contribution is 2.37. The highest BCUT2D eigenvalue weighted by atomic mass is 32.1. The Kier molecular flexibility index (Phi) is 4.95. The maximum Gasteiger partial charge on any atom is 0.257 e. The molecule has 2 heterocycles. The maximum atomic E-state index is 12.7. The van der Waals surface area contributed by atoms with Crippen LogP contribution in [0.1, 0.15) is 44.7 Å². The van der Waals surface area contributed by atoms with Crippen LogP contribution >= 0.6 is 22.7 Å². The van der Waals surface area contributed by atoms with Gasteiger partial charge in [0.1, 0.15) is 5.01 Å². The first-order chi connectivity index (χ1) is 13.1. The first kappa shape index (κ1) is 17.7. The molecular weight excluding hydrogens is 382 g/mol.